The third-order valence-corrected chi connectivity index (χ3v) is 6.12. The standard InChI is InChI=1S/C17H21ClN2O4S/c1-4-20(5-2)25(22,23)14-8-9-16(18)15(10-14)17(21)19-11-13-7-6-12(3)24-13/h6-10H,4-5,11H2,1-3H3,(H,19,21). The van der Waals surface area contributed by atoms with E-state index in [1.165, 1.54) is 22.5 Å². The first-order valence-electron chi connectivity index (χ1n) is 7.92. The molecule has 0 saturated carbocycles. The zero-order valence-corrected chi connectivity index (χ0v) is 15.9. The molecule has 0 bridgehead atoms. The summed E-state index contributed by atoms with van der Waals surface area (Å²) in [6.07, 6.45) is 0. The molecular weight excluding hydrogens is 364 g/mol. The maximum absolute atomic E-state index is 12.6. The Kier molecular flexibility index (Phi) is 6.26. The van der Waals surface area contributed by atoms with Gasteiger partial charge in [0.05, 0.1) is 22.0 Å². The van der Waals surface area contributed by atoms with E-state index >= 15 is 0 Å². The van der Waals surface area contributed by atoms with Gasteiger partial charge in [0.15, 0.2) is 0 Å². The van der Waals surface area contributed by atoms with Crippen molar-refractivity contribution in [3.05, 3.63) is 52.4 Å². The predicted octanol–water partition coefficient (Wildman–Crippen LogP) is 3.20. The Hall–Kier alpha value is -1.83. The lowest BCUT2D eigenvalue weighted by molar-refractivity contribution is 0.0948. The summed E-state index contributed by atoms with van der Waals surface area (Å²) in [5, 5.41) is 2.87. The van der Waals surface area contributed by atoms with E-state index in [0.29, 0.717) is 18.8 Å². The molecule has 0 unspecified atom stereocenters. The average molecular weight is 385 g/mol. The van der Waals surface area contributed by atoms with Crippen LogP contribution in [0.2, 0.25) is 5.02 Å². The number of carbonyl (C=O) groups excluding carboxylic acids is 1. The number of hydrogen-bond acceptors (Lipinski definition) is 4. The van der Waals surface area contributed by atoms with Gasteiger partial charge in [-0.2, -0.15) is 4.31 Å². The van der Waals surface area contributed by atoms with E-state index in [1.54, 1.807) is 26.0 Å². The molecule has 1 N–H and O–H groups in total. The minimum absolute atomic E-state index is 0.0413. The fraction of sp³-hybridized carbons (Fsp3) is 0.353. The Bertz CT molecular complexity index is 857. The van der Waals surface area contributed by atoms with Gasteiger partial charge < -0.3 is 9.73 Å². The Morgan fingerprint density at radius 1 is 1.20 bits per heavy atom. The van der Waals surface area contributed by atoms with Crippen LogP contribution in [0.4, 0.5) is 0 Å². The van der Waals surface area contributed by atoms with Gasteiger partial charge in [0.25, 0.3) is 5.91 Å². The summed E-state index contributed by atoms with van der Waals surface area (Å²) in [5.41, 5.74) is 0.109. The molecule has 0 saturated heterocycles. The maximum atomic E-state index is 12.6. The second kappa shape index (κ2) is 8.03. The van der Waals surface area contributed by atoms with Gasteiger partial charge in [0.1, 0.15) is 11.5 Å². The normalized spacial score (nSPS) is 11.7. The number of nitrogens with one attached hydrogen (secondary N) is 1. The average Bonchev–Trinajstić information content (AvgIpc) is 2.99. The molecule has 2 rings (SSSR count). The molecule has 1 heterocycles. The van der Waals surface area contributed by atoms with Gasteiger partial charge in [0.2, 0.25) is 10.0 Å². The number of sulfonamides is 1. The lowest BCUT2D eigenvalue weighted by Gasteiger charge is -2.19. The fourth-order valence-electron chi connectivity index (χ4n) is 2.39. The number of carbonyl (C=O) groups is 1. The van der Waals surface area contributed by atoms with E-state index in [-0.39, 0.29) is 22.0 Å². The lowest BCUT2D eigenvalue weighted by atomic mass is 10.2. The minimum Gasteiger partial charge on any atom is -0.465 e. The van der Waals surface area contributed by atoms with Gasteiger partial charge >= 0.3 is 0 Å². The van der Waals surface area contributed by atoms with Crippen LogP contribution in [0.25, 0.3) is 0 Å². The zero-order chi connectivity index (χ0) is 18.6. The Morgan fingerprint density at radius 2 is 1.88 bits per heavy atom. The number of aryl methyl sites for hydroxylation is 1. The van der Waals surface area contributed by atoms with Crippen molar-refractivity contribution in [1.29, 1.82) is 0 Å². The van der Waals surface area contributed by atoms with E-state index in [2.05, 4.69) is 5.32 Å². The number of halogens is 1. The van der Waals surface area contributed by atoms with Crippen LogP contribution < -0.4 is 5.32 Å². The van der Waals surface area contributed by atoms with Crippen molar-refractivity contribution in [1.82, 2.24) is 9.62 Å². The molecule has 0 radical (unpaired) electrons. The molecule has 0 aliphatic heterocycles. The van der Waals surface area contributed by atoms with Crippen molar-refractivity contribution < 1.29 is 17.6 Å². The summed E-state index contributed by atoms with van der Waals surface area (Å²) in [6, 6.07) is 7.69. The van der Waals surface area contributed by atoms with Crippen molar-refractivity contribution in [3.63, 3.8) is 0 Å². The largest absolute Gasteiger partial charge is 0.465 e. The van der Waals surface area contributed by atoms with Gasteiger partial charge in [-0.3, -0.25) is 4.79 Å². The SMILES string of the molecule is CCN(CC)S(=O)(=O)c1ccc(Cl)c(C(=O)NCc2ccc(C)o2)c1. The number of amides is 1. The highest BCUT2D eigenvalue weighted by molar-refractivity contribution is 7.89. The Balaban J connectivity index is 2.24. The molecule has 1 aromatic carbocycles. The van der Waals surface area contributed by atoms with Gasteiger partial charge in [-0.1, -0.05) is 25.4 Å². The number of benzene rings is 1. The molecule has 8 heteroatoms. The molecule has 136 valence electrons. The molecule has 2 aromatic rings. The highest BCUT2D eigenvalue weighted by atomic mass is 35.5. The second-order valence-electron chi connectivity index (χ2n) is 5.43. The first-order valence-corrected chi connectivity index (χ1v) is 9.74. The third-order valence-electron chi connectivity index (χ3n) is 3.74. The van der Waals surface area contributed by atoms with Crippen LogP contribution in [0.1, 0.15) is 35.7 Å². The predicted molar refractivity (Wildman–Crippen MR) is 96.2 cm³/mol. The molecule has 1 amide bonds. The maximum Gasteiger partial charge on any atom is 0.253 e. The Labute approximate surface area is 152 Å². The molecule has 0 spiro atoms. The summed E-state index contributed by atoms with van der Waals surface area (Å²) in [4.78, 5) is 12.4. The summed E-state index contributed by atoms with van der Waals surface area (Å²) in [7, 11) is -3.66. The lowest BCUT2D eigenvalue weighted by Crippen LogP contribution is -2.31. The van der Waals surface area contributed by atoms with E-state index in [0.717, 1.165) is 5.76 Å². The van der Waals surface area contributed by atoms with E-state index in [4.69, 9.17) is 16.0 Å². The molecule has 0 atom stereocenters. The smallest absolute Gasteiger partial charge is 0.253 e. The molecule has 25 heavy (non-hydrogen) atoms. The van der Waals surface area contributed by atoms with Crippen LogP contribution in [0.3, 0.4) is 0 Å². The van der Waals surface area contributed by atoms with Crippen molar-refractivity contribution in [2.75, 3.05) is 13.1 Å². The number of hydrogen-bond donors (Lipinski definition) is 1. The number of nitrogens with zero attached hydrogens (tertiary/aromatic N) is 1. The molecular formula is C17H21ClN2O4S. The highest BCUT2D eigenvalue weighted by Gasteiger charge is 2.23. The highest BCUT2D eigenvalue weighted by Crippen LogP contribution is 2.23. The van der Waals surface area contributed by atoms with Crippen LogP contribution in [0, 0.1) is 6.92 Å². The summed E-state index contributed by atoms with van der Waals surface area (Å²) in [6.45, 7) is 6.22. The van der Waals surface area contributed by atoms with Gasteiger partial charge in [-0.25, -0.2) is 8.42 Å². The van der Waals surface area contributed by atoms with Crippen LogP contribution in [-0.2, 0) is 16.6 Å². The monoisotopic (exact) mass is 384 g/mol. The van der Waals surface area contributed by atoms with Crippen LogP contribution >= 0.6 is 11.6 Å². The van der Waals surface area contributed by atoms with E-state index in [9.17, 15) is 13.2 Å². The first kappa shape index (κ1) is 19.5. The van der Waals surface area contributed by atoms with Crippen LogP contribution in [0.15, 0.2) is 39.6 Å². The molecule has 6 nitrogen and oxygen atoms in total. The second-order valence-corrected chi connectivity index (χ2v) is 7.77. The first-order chi connectivity index (χ1) is 11.8. The summed E-state index contributed by atoms with van der Waals surface area (Å²) >= 11 is 6.08. The van der Waals surface area contributed by atoms with E-state index < -0.39 is 15.9 Å². The van der Waals surface area contributed by atoms with Gasteiger partial charge in [-0.05, 0) is 37.3 Å². The van der Waals surface area contributed by atoms with Crippen LogP contribution in [-0.4, -0.2) is 31.7 Å². The minimum atomic E-state index is -3.66. The molecule has 0 fully saturated rings. The topological polar surface area (TPSA) is 79.6 Å². The van der Waals surface area contributed by atoms with Crippen molar-refractivity contribution >= 4 is 27.5 Å². The zero-order valence-electron chi connectivity index (χ0n) is 14.4. The summed E-state index contributed by atoms with van der Waals surface area (Å²) in [5.74, 6) is 0.888. The van der Waals surface area contributed by atoms with Crippen molar-refractivity contribution in [2.45, 2.75) is 32.2 Å². The van der Waals surface area contributed by atoms with Crippen molar-refractivity contribution in [3.8, 4) is 0 Å². The Morgan fingerprint density at radius 3 is 2.44 bits per heavy atom. The molecule has 0 aliphatic carbocycles. The number of rotatable bonds is 7. The quantitative estimate of drug-likeness (QED) is 0.794. The van der Waals surface area contributed by atoms with Crippen LogP contribution in [0.5, 0.6) is 0 Å². The third kappa shape index (κ3) is 4.42. The number of furan rings is 1. The molecule has 0 aliphatic rings. The van der Waals surface area contributed by atoms with Crippen molar-refractivity contribution in [2.24, 2.45) is 0 Å². The van der Waals surface area contributed by atoms with E-state index in [1.807, 2.05) is 6.92 Å². The van der Waals surface area contributed by atoms with Gasteiger partial charge in [0, 0.05) is 13.1 Å². The molecule has 1 aromatic heterocycles. The van der Waals surface area contributed by atoms with Gasteiger partial charge in [-0.15, -0.1) is 0 Å². The summed E-state index contributed by atoms with van der Waals surface area (Å²) < 4.78 is 31.9. The fourth-order valence-corrected chi connectivity index (χ4v) is 4.08.